The zero-order valence-electron chi connectivity index (χ0n) is 10.9. The van der Waals surface area contributed by atoms with Gasteiger partial charge in [-0.15, -0.1) is 0 Å². The highest BCUT2D eigenvalue weighted by Crippen LogP contribution is 2.15. The molecule has 1 heterocycles. The van der Waals surface area contributed by atoms with Crippen LogP contribution >= 0.6 is 0 Å². The molecular formula is C15H21N3. The predicted molar refractivity (Wildman–Crippen MR) is 77.6 cm³/mol. The van der Waals surface area contributed by atoms with Gasteiger partial charge in [-0.3, -0.25) is 4.99 Å². The molecule has 0 spiro atoms. The summed E-state index contributed by atoms with van der Waals surface area (Å²) in [5.74, 6) is 0. The monoisotopic (exact) mass is 243 g/mol. The van der Waals surface area contributed by atoms with Crippen molar-refractivity contribution in [1.29, 1.82) is 0 Å². The lowest BCUT2D eigenvalue weighted by Crippen LogP contribution is -2.27. The second-order valence-corrected chi connectivity index (χ2v) is 4.76. The fourth-order valence-electron chi connectivity index (χ4n) is 2.33. The first-order valence-corrected chi connectivity index (χ1v) is 6.48. The average Bonchev–Trinajstić information content (AvgIpc) is 2.81. The Kier molecular flexibility index (Phi) is 4.53. The number of aliphatic imine (C=N–C) groups is 1. The van der Waals surface area contributed by atoms with Crippen LogP contribution in [0.1, 0.15) is 18.4 Å². The second kappa shape index (κ2) is 6.36. The van der Waals surface area contributed by atoms with Crippen LogP contribution in [0.4, 0.5) is 0 Å². The van der Waals surface area contributed by atoms with Crippen LogP contribution in [0.2, 0.25) is 0 Å². The van der Waals surface area contributed by atoms with Crippen LogP contribution < -0.4 is 5.73 Å². The van der Waals surface area contributed by atoms with Crippen molar-refractivity contribution < 1.29 is 0 Å². The fourth-order valence-corrected chi connectivity index (χ4v) is 2.33. The number of nitrogens with two attached hydrogens (primary N) is 1. The Balaban J connectivity index is 1.95. The third-order valence-corrected chi connectivity index (χ3v) is 3.50. The number of allylic oxidation sites excluding steroid dienone is 1. The highest BCUT2D eigenvalue weighted by atomic mass is 15.2. The number of likely N-dealkylation sites (tertiary alicyclic amines) is 1. The lowest BCUT2D eigenvalue weighted by Gasteiger charge is -2.16. The van der Waals surface area contributed by atoms with E-state index in [1.165, 1.54) is 19.4 Å². The highest BCUT2D eigenvalue weighted by molar-refractivity contribution is 6.09. The Morgan fingerprint density at radius 3 is 2.83 bits per heavy atom. The molecule has 18 heavy (non-hydrogen) atoms. The molecule has 1 aromatic carbocycles. The van der Waals surface area contributed by atoms with Crippen LogP contribution in [0.25, 0.3) is 5.57 Å². The Morgan fingerprint density at radius 1 is 1.44 bits per heavy atom. The lowest BCUT2D eigenvalue weighted by atomic mass is 10.1. The molecule has 3 nitrogen and oxygen atoms in total. The van der Waals surface area contributed by atoms with Gasteiger partial charge in [0.1, 0.15) is 0 Å². The molecule has 0 unspecified atom stereocenters. The molecule has 2 rings (SSSR count). The van der Waals surface area contributed by atoms with Gasteiger partial charge in [0.2, 0.25) is 0 Å². The van der Waals surface area contributed by atoms with E-state index in [4.69, 9.17) is 5.73 Å². The summed E-state index contributed by atoms with van der Waals surface area (Å²) in [6, 6.07) is 10.7. The molecule has 0 radical (unpaired) electrons. The van der Waals surface area contributed by atoms with Crippen molar-refractivity contribution in [2.24, 2.45) is 10.7 Å². The van der Waals surface area contributed by atoms with Crippen LogP contribution in [-0.2, 0) is 0 Å². The van der Waals surface area contributed by atoms with E-state index in [1.807, 2.05) is 36.5 Å². The van der Waals surface area contributed by atoms with E-state index >= 15 is 0 Å². The molecule has 0 saturated carbocycles. The molecule has 1 aliphatic heterocycles. The van der Waals surface area contributed by atoms with Crippen LogP contribution in [0.5, 0.6) is 0 Å². The molecule has 0 amide bonds. The van der Waals surface area contributed by atoms with E-state index in [2.05, 4.69) is 16.9 Å². The number of nitrogens with zero attached hydrogens (tertiary/aromatic N) is 2. The van der Waals surface area contributed by atoms with Gasteiger partial charge < -0.3 is 10.6 Å². The van der Waals surface area contributed by atoms with Gasteiger partial charge in [-0.25, -0.2) is 0 Å². The van der Waals surface area contributed by atoms with Gasteiger partial charge in [0, 0.05) is 24.0 Å². The van der Waals surface area contributed by atoms with Crippen LogP contribution in [0.3, 0.4) is 0 Å². The zero-order valence-corrected chi connectivity index (χ0v) is 10.9. The molecule has 0 aromatic heterocycles. The van der Waals surface area contributed by atoms with E-state index in [1.54, 1.807) is 6.20 Å². The van der Waals surface area contributed by atoms with Crippen molar-refractivity contribution in [2.75, 3.05) is 20.1 Å². The van der Waals surface area contributed by atoms with Crippen molar-refractivity contribution in [3.63, 3.8) is 0 Å². The summed E-state index contributed by atoms with van der Waals surface area (Å²) < 4.78 is 0. The van der Waals surface area contributed by atoms with Gasteiger partial charge in [-0.05, 0) is 32.0 Å². The van der Waals surface area contributed by atoms with Gasteiger partial charge in [0.05, 0.1) is 6.54 Å². The molecule has 1 fully saturated rings. The molecule has 1 saturated heterocycles. The third-order valence-electron chi connectivity index (χ3n) is 3.50. The van der Waals surface area contributed by atoms with E-state index in [-0.39, 0.29) is 0 Å². The summed E-state index contributed by atoms with van der Waals surface area (Å²) in [6.07, 6.45) is 6.05. The van der Waals surface area contributed by atoms with Crippen LogP contribution in [-0.4, -0.2) is 37.3 Å². The van der Waals surface area contributed by atoms with E-state index in [0.717, 1.165) is 17.7 Å². The molecule has 96 valence electrons. The molecule has 0 aliphatic carbocycles. The largest absolute Gasteiger partial charge is 0.404 e. The quantitative estimate of drug-likeness (QED) is 0.823. The zero-order chi connectivity index (χ0) is 12.8. The predicted octanol–water partition coefficient (Wildman–Crippen LogP) is 2.15. The first kappa shape index (κ1) is 12.8. The summed E-state index contributed by atoms with van der Waals surface area (Å²) >= 11 is 0. The SMILES string of the molecule is CN1CCC[C@H]1CN=C/C(=C\N)c1ccccc1. The minimum absolute atomic E-state index is 0.594. The summed E-state index contributed by atoms with van der Waals surface area (Å²) in [4.78, 5) is 6.92. The van der Waals surface area contributed by atoms with E-state index < -0.39 is 0 Å². The van der Waals surface area contributed by atoms with E-state index in [9.17, 15) is 0 Å². The van der Waals surface area contributed by atoms with Gasteiger partial charge in [0.15, 0.2) is 0 Å². The second-order valence-electron chi connectivity index (χ2n) is 4.76. The molecular weight excluding hydrogens is 222 g/mol. The summed E-state index contributed by atoms with van der Waals surface area (Å²) in [6.45, 7) is 2.05. The van der Waals surface area contributed by atoms with Crippen molar-refractivity contribution in [2.45, 2.75) is 18.9 Å². The molecule has 3 heteroatoms. The Morgan fingerprint density at radius 2 is 2.22 bits per heavy atom. The van der Waals surface area contributed by atoms with Gasteiger partial charge >= 0.3 is 0 Å². The maximum Gasteiger partial charge on any atom is 0.0545 e. The third kappa shape index (κ3) is 3.20. The van der Waals surface area contributed by atoms with Crippen molar-refractivity contribution >= 4 is 11.8 Å². The number of hydrogen-bond acceptors (Lipinski definition) is 3. The number of benzene rings is 1. The first-order chi connectivity index (χ1) is 8.81. The molecule has 1 aromatic rings. The van der Waals surface area contributed by atoms with Crippen molar-refractivity contribution in [3.8, 4) is 0 Å². The Hall–Kier alpha value is -1.61. The van der Waals surface area contributed by atoms with Crippen LogP contribution in [0.15, 0.2) is 41.5 Å². The van der Waals surface area contributed by atoms with Crippen molar-refractivity contribution in [3.05, 3.63) is 42.1 Å². The standard InChI is InChI=1S/C15H21N3/c1-18-9-5-8-15(18)12-17-11-14(10-16)13-6-3-2-4-7-13/h2-4,6-7,10-11,15H,5,8-9,12,16H2,1H3/b14-10+,17-11?/t15-/m0/s1. The Labute approximate surface area is 109 Å². The topological polar surface area (TPSA) is 41.6 Å². The van der Waals surface area contributed by atoms with Gasteiger partial charge in [0.25, 0.3) is 0 Å². The number of rotatable bonds is 4. The maximum absolute atomic E-state index is 5.66. The Bertz CT molecular complexity index is 423. The molecule has 2 N–H and O–H groups in total. The molecule has 1 aliphatic rings. The molecule has 1 atom stereocenters. The summed E-state index contributed by atoms with van der Waals surface area (Å²) in [5, 5.41) is 0. The van der Waals surface area contributed by atoms with Gasteiger partial charge in [-0.1, -0.05) is 30.3 Å². The van der Waals surface area contributed by atoms with Gasteiger partial charge in [-0.2, -0.15) is 0 Å². The average molecular weight is 243 g/mol. The normalized spacial score (nSPS) is 21.8. The smallest absolute Gasteiger partial charge is 0.0545 e. The van der Waals surface area contributed by atoms with E-state index in [0.29, 0.717) is 6.04 Å². The minimum atomic E-state index is 0.594. The minimum Gasteiger partial charge on any atom is -0.404 e. The highest BCUT2D eigenvalue weighted by Gasteiger charge is 2.19. The van der Waals surface area contributed by atoms with Crippen molar-refractivity contribution in [1.82, 2.24) is 4.90 Å². The van der Waals surface area contributed by atoms with Crippen LogP contribution in [0, 0.1) is 0 Å². The fraction of sp³-hybridized carbons (Fsp3) is 0.400. The number of hydrogen-bond donors (Lipinski definition) is 1. The number of likely N-dealkylation sites (N-methyl/N-ethyl adjacent to an activating group) is 1. The summed E-state index contributed by atoms with van der Waals surface area (Å²) in [7, 11) is 2.17. The summed E-state index contributed by atoms with van der Waals surface area (Å²) in [5.41, 5.74) is 7.76. The molecule has 0 bridgehead atoms. The lowest BCUT2D eigenvalue weighted by molar-refractivity contribution is 0.318. The first-order valence-electron chi connectivity index (χ1n) is 6.48. The maximum atomic E-state index is 5.66.